The molecule has 10 heavy (non-hydrogen) atoms. The molecule has 2 N–H and O–H groups in total. The van der Waals surface area contributed by atoms with Gasteiger partial charge in [0.25, 0.3) is 0 Å². The number of H-pyrrole nitrogens is 1. The van der Waals surface area contributed by atoms with Crippen LogP contribution in [0.4, 0.5) is 10.6 Å². The topological polar surface area (TPSA) is 79.9 Å². The normalized spacial score (nSPS) is 8.90. The Bertz CT molecular complexity index is 207. The number of methoxy groups -OCH3 is 1. The van der Waals surface area contributed by atoms with E-state index in [1.54, 1.807) is 0 Å². The minimum Gasteiger partial charge on any atom is -0.453 e. The number of carbonyl (C=O) groups is 1. The standard InChI is InChI=1S/C4H6N4O2/c1-10-4(9)6-3-2-5-8-7-3/h2H,1H3,(H2,5,6,7,8,9). The third kappa shape index (κ3) is 1.44. The lowest BCUT2D eigenvalue weighted by atomic mass is 10.7. The van der Waals surface area contributed by atoms with Crippen LogP contribution in [0, 0.1) is 0 Å². The summed E-state index contributed by atoms with van der Waals surface area (Å²) in [5.41, 5.74) is 0. The molecule has 0 aliphatic heterocycles. The van der Waals surface area contributed by atoms with Crippen LogP contribution in [0.2, 0.25) is 0 Å². The molecule has 0 fully saturated rings. The van der Waals surface area contributed by atoms with Crippen LogP contribution in [0.25, 0.3) is 0 Å². The van der Waals surface area contributed by atoms with Gasteiger partial charge >= 0.3 is 6.09 Å². The van der Waals surface area contributed by atoms with Gasteiger partial charge in [-0.25, -0.2) is 4.79 Å². The van der Waals surface area contributed by atoms with Gasteiger partial charge in [-0.1, -0.05) is 0 Å². The number of anilines is 1. The first-order valence-corrected chi connectivity index (χ1v) is 2.53. The number of nitrogens with zero attached hydrogens (tertiary/aromatic N) is 2. The number of rotatable bonds is 1. The molecule has 1 aromatic rings. The van der Waals surface area contributed by atoms with Crippen molar-refractivity contribution < 1.29 is 9.53 Å². The summed E-state index contributed by atoms with van der Waals surface area (Å²) >= 11 is 0. The summed E-state index contributed by atoms with van der Waals surface area (Å²) in [6, 6.07) is 0. The molecule has 1 rings (SSSR count). The highest BCUT2D eigenvalue weighted by molar-refractivity contribution is 5.82. The second-order valence-corrected chi connectivity index (χ2v) is 1.47. The van der Waals surface area contributed by atoms with Crippen LogP contribution in [0.1, 0.15) is 0 Å². The molecule has 0 unspecified atom stereocenters. The van der Waals surface area contributed by atoms with E-state index in [4.69, 9.17) is 0 Å². The van der Waals surface area contributed by atoms with Crippen LogP contribution in [0.5, 0.6) is 0 Å². The predicted molar refractivity (Wildman–Crippen MR) is 32.4 cm³/mol. The lowest BCUT2D eigenvalue weighted by molar-refractivity contribution is 0.187. The maximum absolute atomic E-state index is 10.5. The predicted octanol–water partition coefficient (Wildman–Crippen LogP) is -0.0170. The van der Waals surface area contributed by atoms with Crippen LogP contribution in [-0.2, 0) is 4.74 Å². The van der Waals surface area contributed by atoms with Crippen LogP contribution < -0.4 is 5.32 Å². The molecule has 1 heterocycles. The number of hydrogen-bond donors (Lipinski definition) is 2. The summed E-state index contributed by atoms with van der Waals surface area (Å²) in [6.45, 7) is 0. The van der Waals surface area contributed by atoms with E-state index in [0.717, 1.165) is 0 Å². The van der Waals surface area contributed by atoms with Gasteiger partial charge in [-0.05, 0) is 0 Å². The van der Waals surface area contributed by atoms with Crippen LogP contribution in [0.3, 0.4) is 0 Å². The van der Waals surface area contributed by atoms with Crippen molar-refractivity contribution in [2.75, 3.05) is 12.4 Å². The highest BCUT2D eigenvalue weighted by Gasteiger charge is 2.00. The summed E-state index contributed by atoms with van der Waals surface area (Å²) in [5, 5.41) is 11.7. The van der Waals surface area contributed by atoms with Gasteiger partial charge in [-0.2, -0.15) is 10.3 Å². The molecule has 0 atom stereocenters. The number of aromatic amines is 1. The Kier molecular flexibility index (Phi) is 1.83. The zero-order chi connectivity index (χ0) is 7.40. The van der Waals surface area contributed by atoms with E-state index >= 15 is 0 Å². The SMILES string of the molecule is COC(=O)Nc1cn[nH]n1. The van der Waals surface area contributed by atoms with Crippen molar-refractivity contribution >= 4 is 11.9 Å². The fraction of sp³-hybridized carbons (Fsp3) is 0.250. The second kappa shape index (κ2) is 2.81. The van der Waals surface area contributed by atoms with Crippen molar-refractivity contribution in [3.05, 3.63) is 6.20 Å². The van der Waals surface area contributed by atoms with Gasteiger partial charge in [0.2, 0.25) is 0 Å². The van der Waals surface area contributed by atoms with Gasteiger partial charge in [0.15, 0.2) is 5.82 Å². The Morgan fingerprint density at radius 3 is 3.20 bits per heavy atom. The van der Waals surface area contributed by atoms with E-state index in [1.165, 1.54) is 13.3 Å². The summed E-state index contributed by atoms with van der Waals surface area (Å²) in [5.74, 6) is 0.340. The number of aromatic nitrogens is 3. The largest absolute Gasteiger partial charge is 0.453 e. The molecule has 0 saturated carbocycles. The van der Waals surface area contributed by atoms with E-state index < -0.39 is 6.09 Å². The molecule has 6 heteroatoms. The molecule has 0 radical (unpaired) electrons. The maximum atomic E-state index is 10.5. The van der Waals surface area contributed by atoms with E-state index in [9.17, 15) is 4.79 Å². The summed E-state index contributed by atoms with van der Waals surface area (Å²) in [6.07, 6.45) is 0.811. The fourth-order valence-electron chi connectivity index (χ4n) is 0.417. The highest BCUT2D eigenvalue weighted by atomic mass is 16.5. The Balaban J connectivity index is 2.48. The number of nitrogens with one attached hydrogen (secondary N) is 2. The van der Waals surface area contributed by atoms with E-state index in [0.29, 0.717) is 5.82 Å². The zero-order valence-corrected chi connectivity index (χ0v) is 5.29. The monoisotopic (exact) mass is 142 g/mol. The molecule has 1 aromatic heterocycles. The Morgan fingerprint density at radius 1 is 1.90 bits per heavy atom. The molecule has 1 amide bonds. The molecule has 0 aliphatic rings. The summed E-state index contributed by atoms with van der Waals surface area (Å²) < 4.78 is 4.29. The van der Waals surface area contributed by atoms with Crippen molar-refractivity contribution in [1.82, 2.24) is 15.4 Å². The second-order valence-electron chi connectivity index (χ2n) is 1.47. The summed E-state index contributed by atoms with van der Waals surface area (Å²) in [7, 11) is 1.27. The Morgan fingerprint density at radius 2 is 2.70 bits per heavy atom. The van der Waals surface area contributed by atoms with Gasteiger partial charge in [-0.3, -0.25) is 5.32 Å². The minimum atomic E-state index is -0.561. The molecule has 0 aliphatic carbocycles. The molecule has 0 spiro atoms. The quantitative estimate of drug-likeness (QED) is 0.577. The number of carbonyl (C=O) groups excluding carboxylic acids is 1. The van der Waals surface area contributed by atoms with E-state index in [1.807, 2.05) is 0 Å². The maximum Gasteiger partial charge on any atom is 0.412 e. The third-order valence-corrected chi connectivity index (χ3v) is 0.831. The van der Waals surface area contributed by atoms with Crippen molar-refractivity contribution in [3.8, 4) is 0 Å². The van der Waals surface area contributed by atoms with Gasteiger partial charge < -0.3 is 4.74 Å². The first-order valence-electron chi connectivity index (χ1n) is 2.53. The molecular formula is C4H6N4O2. The van der Waals surface area contributed by atoms with Crippen molar-refractivity contribution in [2.45, 2.75) is 0 Å². The number of amides is 1. The van der Waals surface area contributed by atoms with Gasteiger partial charge in [0.1, 0.15) is 0 Å². The number of ether oxygens (including phenoxy) is 1. The van der Waals surface area contributed by atoms with Crippen molar-refractivity contribution in [2.24, 2.45) is 0 Å². The Labute approximate surface area is 56.6 Å². The van der Waals surface area contributed by atoms with Crippen molar-refractivity contribution in [1.29, 1.82) is 0 Å². The van der Waals surface area contributed by atoms with Crippen LogP contribution in [-0.4, -0.2) is 28.6 Å². The van der Waals surface area contributed by atoms with Crippen molar-refractivity contribution in [3.63, 3.8) is 0 Å². The zero-order valence-electron chi connectivity index (χ0n) is 5.29. The molecular weight excluding hydrogens is 136 g/mol. The minimum absolute atomic E-state index is 0.340. The van der Waals surface area contributed by atoms with Gasteiger partial charge in [0, 0.05) is 0 Å². The Hall–Kier alpha value is -1.59. The molecule has 0 saturated heterocycles. The molecule has 0 bridgehead atoms. The first kappa shape index (κ1) is 6.53. The molecule has 6 nitrogen and oxygen atoms in total. The molecule has 0 aromatic carbocycles. The lowest BCUT2D eigenvalue weighted by Gasteiger charge is -1.95. The summed E-state index contributed by atoms with van der Waals surface area (Å²) in [4.78, 5) is 10.5. The molecule has 54 valence electrons. The third-order valence-electron chi connectivity index (χ3n) is 0.831. The number of hydrogen-bond acceptors (Lipinski definition) is 4. The first-order chi connectivity index (χ1) is 4.83. The van der Waals surface area contributed by atoms with E-state index in [-0.39, 0.29) is 0 Å². The van der Waals surface area contributed by atoms with Crippen LogP contribution >= 0.6 is 0 Å². The fourth-order valence-corrected chi connectivity index (χ4v) is 0.417. The highest BCUT2D eigenvalue weighted by Crippen LogP contribution is 1.95. The smallest absolute Gasteiger partial charge is 0.412 e. The van der Waals surface area contributed by atoms with Gasteiger partial charge in [-0.15, -0.1) is 5.10 Å². The lowest BCUT2D eigenvalue weighted by Crippen LogP contribution is -2.10. The van der Waals surface area contributed by atoms with Crippen LogP contribution in [0.15, 0.2) is 6.20 Å². The van der Waals surface area contributed by atoms with Gasteiger partial charge in [0.05, 0.1) is 13.3 Å². The van der Waals surface area contributed by atoms with E-state index in [2.05, 4.69) is 25.5 Å². The average molecular weight is 142 g/mol. The average Bonchev–Trinajstić information content (AvgIpc) is 2.40.